The largest absolute Gasteiger partial charge is 0.356 e. The summed E-state index contributed by atoms with van der Waals surface area (Å²) in [5.74, 6) is 0.702. The number of amides is 1. The van der Waals surface area contributed by atoms with Crippen molar-refractivity contribution >= 4 is 39.7 Å². The third-order valence-corrected chi connectivity index (χ3v) is 7.45. The molecule has 0 saturated carbocycles. The maximum atomic E-state index is 12.6. The zero-order valence-corrected chi connectivity index (χ0v) is 18.0. The van der Waals surface area contributed by atoms with E-state index in [1.54, 1.807) is 6.07 Å². The number of rotatable bonds is 8. The van der Waals surface area contributed by atoms with Crippen LogP contribution in [0.1, 0.15) is 38.5 Å². The summed E-state index contributed by atoms with van der Waals surface area (Å²) in [5, 5.41) is 6.11. The number of carbonyl (C=O) groups is 1. The average Bonchev–Trinajstić information content (AvgIpc) is 2.98. The molecule has 0 aliphatic carbocycles. The lowest BCUT2D eigenvalue weighted by molar-refractivity contribution is -0.121. The molecule has 6 nitrogen and oxygen atoms in total. The van der Waals surface area contributed by atoms with Crippen molar-refractivity contribution in [1.82, 2.24) is 15.4 Å². The van der Waals surface area contributed by atoms with Gasteiger partial charge in [0.2, 0.25) is 15.9 Å². The molecule has 1 amide bonds. The van der Waals surface area contributed by atoms with Crippen molar-refractivity contribution in [2.24, 2.45) is 11.8 Å². The van der Waals surface area contributed by atoms with Crippen LogP contribution in [0.5, 0.6) is 0 Å². The van der Waals surface area contributed by atoms with Crippen molar-refractivity contribution in [2.45, 2.75) is 50.3 Å². The summed E-state index contributed by atoms with van der Waals surface area (Å²) >= 11 is 1.27. The second-order valence-corrected chi connectivity index (χ2v) is 10.2. The second kappa shape index (κ2) is 10.6. The van der Waals surface area contributed by atoms with Crippen LogP contribution in [0, 0.1) is 11.8 Å². The molecule has 1 aliphatic rings. The second-order valence-electron chi connectivity index (χ2n) is 7.12. The van der Waals surface area contributed by atoms with E-state index in [2.05, 4.69) is 22.3 Å². The van der Waals surface area contributed by atoms with Gasteiger partial charge in [0, 0.05) is 30.4 Å². The Labute approximate surface area is 167 Å². The Morgan fingerprint density at radius 3 is 2.77 bits per heavy atom. The summed E-state index contributed by atoms with van der Waals surface area (Å²) in [4.78, 5) is 12.6. The van der Waals surface area contributed by atoms with Crippen LogP contribution in [0.25, 0.3) is 0 Å². The molecule has 0 aromatic carbocycles. The van der Waals surface area contributed by atoms with Crippen LogP contribution in [0.2, 0.25) is 0 Å². The van der Waals surface area contributed by atoms with Gasteiger partial charge < -0.3 is 10.6 Å². The van der Waals surface area contributed by atoms with Gasteiger partial charge in [-0.3, -0.25) is 4.79 Å². The van der Waals surface area contributed by atoms with E-state index in [0.29, 0.717) is 42.0 Å². The topological polar surface area (TPSA) is 87.3 Å². The minimum absolute atomic E-state index is 0. The first-order valence-electron chi connectivity index (χ1n) is 8.86. The van der Waals surface area contributed by atoms with Crippen LogP contribution in [-0.4, -0.2) is 40.0 Å². The first-order chi connectivity index (χ1) is 11.8. The van der Waals surface area contributed by atoms with Gasteiger partial charge in [-0.15, -0.1) is 23.7 Å². The lowest BCUT2D eigenvalue weighted by Crippen LogP contribution is -2.49. The molecule has 26 heavy (non-hydrogen) atoms. The van der Waals surface area contributed by atoms with Gasteiger partial charge in [0.1, 0.15) is 4.21 Å². The van der Waals surface area contributed by atoms with Gasteiger partial charge in [-0.25, -0.2) is 13.1 Å². The molecule has 150 valence electrons. The highest BCUT2D eigenvalue weighted by Crippen LogP contribution is 2.23. The van der Waals surface area contributed by atoms with E-state index in [1.807, 2.05) is 19.9 Å². The quantitative estimate of drug-likeness (QED) is 0.597. The molecule has 1 fully saturated rings. The Morgan fingerprint density at radius 2 is 2.12 bits per heavy atom. The Hall–Kier alpha value is -0.670. The van der Waals surface area contributed by atoms with E-state index in [0.717, 1.165) is 17.8 Å². The van der Waals surface area contributed by atoms with Gasteiger partial charge in [0.05, 0.1) is 0 Å². The Morgan fingerprint density at radius 1 is 1.38 bits per heavy atom. The van der Waals surface area contributed by atoms with E-state index < -0.39 is 10.0 Å². The molecule has 1 aliphatic heterocycles. The summed E-state index contributed by atoms with van der Waals surface area (Å²) in [6.45, 7) is 8.22. The summed E-state index contributed by atoms with van der Waals surface area (Å²) < 4.78 is 28.3. The fraction of sp³-hybridized carbons (Fsp3) is 0.706. The van der Waals surface area contributed by atoms with E-state index >= 15 is 0 Å². The monoisotopic (exact) mass is 423 g/mol. The number of hydrogen-bond acceptors (Lipinski definition) is 5. The summed E-state index contributed by atoms with van der Waals surface area (Å²) in [5.41, 5.74) is 0. The number of carbonyl (C=O) groups excluding carboxylic acids is 1. The predicted octanol–water partition coefficient (Wildman–Crippen LogP) is 2.15. The molecule has 0 bridgehead atoms. The first-order valence-corrected chi connectivity index (χ1v) is 11.2. The molecule has 0 radical (unpaired) electrons. The van der Waals surface area contributed by atoms with Crippen molar-refractivity contribution in [2.75, 3.05) is 19.6 Å². The minimum atomic E-state index is -3.49. The molecular weight excluding hydrogens is 394 g/mol. The van der Waals surface area contributed by atoms with E-state index in [-0.39, 0.29) is 24.4 Å². The highest BCUT2D eigenvalue weighted by atomic mass is 35.5. The Bertz CT molecular complexity index is 677. The third-order valence-electron chi connectivity index (χ3n) is 4.32. The lowest BCUT2D eigenvalue weighted by Gasteiger charge is -2.29. The van der Waals surface area contributed by atoms with Crippen LogP contribution < -0.4 is 15.4 Å². The van der Waals surface area contributed by atoms with E-state index in [9.17, 15) is 13.2 Å². The van der Waals surface area contributed by atoms with Gasteiger partial charge >= 0.3 is 0 Å². The predicted molar refractivity (Wildman–Crippen MR) is 108 cm³/mol. The molecule has 1 saturated heterocycles. The highest BCUT2D eigenvalue weighted by Gasteiger charge is 2.27. The zero-order chi connectivity index (χ0) is 18.4. The summed E-state index contributed by atoms with van der Waals surface area (Å²) in [6, 6.07) is 3.41. The molecule has 0 spiro atoms. The minimum Gasteiger partial charge on any atom is -0.356 e. The number of thiophene rings is 1. The number of hydrogen-bond donors (Lipinski definition) is 3. The molecule has 3 N–H and O–H groups in total. The van der Waals surface area contributed by atoms with Crippen molar-refractivity contribution in [3.63, 3.8) is 0 Å². The molecular formula is C17H30ClN3O3S2. The van der Waals surface area contributed by atoms with Gasteiger partial charge in [0.25, 0.3) is 0 Å². The standard InChI is InChI=1S/C17H29N3O3S2.ClH/c1-12(2)10-16(21)19-9-7-14-4-5-17(24-14)25(22,23)20-15-11-18-8-6-13(15)3;/h4-5,12-13,15,18,20H,6-11H2,1-3H3,(H,19,21);1H. The molecule has 1 aromatic heterocycles. The number of nitrogens with one attached hydrogen (secondary N) is 3. The molecule has 2 unspecified atom stereocenters. The molecule has 2 heterocycles. The SMILES string of the molecule is CC(C)CC(=O)NCCc1ccc(S(=O)(=O)NC2CNCCC2C)s1.Cl. The zero-order valence-electron chi connectivity index (χ0n) is 15.6. The van der Waals surface area contributed by atoms with Gasteiger partial charge in [-0.2, -0.15) is 0 Å². The third kappa shape index (κ3) is 7.15. The molecule has 9 heteroatoms. The molecule has 2 rings (SSSR count). The fourth-order valence-electron chi connectivity index (χ4n) is 2.81. The van der Waals surface area contributed by atoms with Crippen molar-refractivity contribution in [3.05, 3.63) is 17.0 Å². The Balaban J connectivity index is 0.00000338. The number of piperidine rings is 1. The normalized spacial score (nSPS) is 20.6. The average molecular weight is 424 g/mol. The van der Waals surface area contributed by atoms with Crippen LogP contribution >= 0.6 is 23.7 Å². The highest BCUT2D eigenvalue weighted by molar-refractivity contribution is 7.91. The van der Waals surface area contributed by atoms with Crippen LogP contribution in [0.3, 0.4) is 0 Å². The lowest BCUT2D eigenvalue weighted by atomic mass is 9.96. The number of halogens is 1. The Kier molecular flexibility index (Phi) is 9.54. The van der Waals surface area contributed by atoms with Crippen molar-refractivity contribution in [3.8, 4) is 0 Å². The maximum absolute atomic E-state index is 12.6. The van der Waals surface area contributed by atoms with E-state index in [4.69, 9.17) is 0 Å². The summed E-state index contributed by atoms with van der Waals surface area (Å²) in [7, 11) is -3.49. The van der Waals surface area contributed by atoms with Crippen molar-refractivity contribution in [1.29, 1.82) is 0 Å². The molecule has 1 aromatic rings. The van der Waals surface area contributed by atoms with Crippen LogP contribution in [0.15, 0.2) is 16.3 Å². The summed E-state index contributed by atoms with van der Waals surface area (Å²) in [6.07, 6.45) is 2.13. The van der Waals surface area contributed by atoms with Crippen LogP contribution in [-0.2, 0) is 21.2 Å². The molecule has 2 atom stereocenters. The van der Waals surface area contributed by atoms with Crippen molar-refractivity contribution < 1.29 is 13.2 Å². The van der Waals surface area contributed by atoms with Gasteiger partial charge in [-0.1, -0.05) is 20.8 Å². The first kappa shape index (κ1) is 23.4. The van der Waals surface area contributed by atoms with Gasteiger partial charge in [-0.05, 0) is 43.4 Å². The maximum Gasteiger partial charge on any atom is 0.250 e. The fourth-order valence-corrected chi connectivity index (χ4v) is 5.53. The van der Waals surface area contributed by atoms with Crippen LogP contribution in [0.4, 0.5) is 0 Å². The van der Waals surface area contributed by atoms with E-state index in [1.165, 1.54) is 11.3 Å². The number of sulfonamides is 1. The van der Waals surface area contributed by atoms with Gasteiger partial charge in [0.15, 0.2) is 0 Å². The smallest absolute Gasteiger partial charge is 0.250 e.